The van der Waals surface area contributed by atoms with E-state index in [1.54, 1.807) is 12.6 Å². The molecule has 2 rings (SSSR count). The Balaban J connectivity index is 1.78. The van der Waals surface area contributed by atoms with Gasteiger partial charge in [0.05, 0.1) is 17.0 Å². The lowest BCUT2D eigenvalue weighted by molar-refractivity contribution is 0.466. The molecule has 0 amide bonds. The molecule has 0 radical (unpaired) electrons. The van der Waals surface area contributed by atoms with E-state index < -0.39 is 10.0 Å². The van der Waals surface area contributed by atoms with Gasteiger partial charge in [-0.2, -0.15) is 4.31 Å². The highest BCUT2D eigenvalue weighted by atomic mass is 32.2. The Labute approximate surface area is 119 Å². The molecule has 1 aromatic rings. The molecule has 0 bridgehead atoms. The van der Waals surface area contributed by atoms with Gasteiger partial charge in [0.2, 0.25) is 10.0 Å². The summed E-state index contributed by atoms with van der Waals surface area (Å²) < 4.78 is 25.7. The quantitative estimate of drug-likeness (QED) is 0.737. The Hall–Kier alpha value is -0.500. The van der Waals surface area contributed by atoms with Crippen LogP contribution in [0.15, 0.2) is 5.51 Å². The Morgan fingerprint density at radius 2 is 2.26 bits per heavy atom. The van der Waals surface area contributed by atoms with Gasteiger partial charge in [-0.25, -0.2) is 13.4 Å². The van der Waals surface area contributed by atoms with Crippen molar-refractivity contribution in [2.24, 2.45) is 0 Å². The zero-order chi connectivity index (χ0) is 13.9. The van der Waals surface area contributed by atoms with Crippen LogP contribution in [0.5, 0.6) is 0 Å². The molecule has 0 saturated heterocycles. The second-order valence-electron chi connectivity index (χ2n) is 5.01. The molecule has 7 heteroatoms. The third kappa shape index (κ3) is 4.52. The summed E-state index contributed by atoms with van der Waals surface area (Å²) in [7, 11) is -1.52. The minimum absolute atomic E-state index is 0.209. The van der Waals surface area contributed by atoms with Crippen LogP contribution in [0.3, 0.4) is 0 Å². The van der Waals surface area contributed by atoms with Crippen molar-refractivity contribution in [3.8, 4) is 0 Å². The van der Waals surface area contributed by atoms with Gasteiger partial charge in [-0.1, -0.05) is 0 Å². The van der Waals surface area contributed by atoms with E-state index in [0.717, 1.165) is 17.1 Å². The zero-order valence-electron chi connectivity index (χ0n) is 11.4. The van der Waals surface area contributed by atoms with Gasteiger partial charge in [-0.05, 0) is 32.7 Å². The number of aromatic nitrogens is 1. The summed E-state index contributed by atoms with van der Waals surface area (Å²) in [6, 6.07) is 0.639. The van der Waals surface area contributed by atoms with E-state index in [1.165, 1.54) is 28.5 Å². The molecule has 0 atom stereocenters. The van der Waals surface area contributed by atoms with E-state index in [1.807, 2.05) is 6.92 Å². The number of hydrogen-bond donors (Lipinski definition) is 1. The zero-order valence-corrected chi connectivity index (χ0v) is 13.1. The highest BCUT2D eigenvalue weighted by Crippen LogP contribution is 2.19. The van der Waals surface area contributed by atoms with Gasteiger partial charge in [-0.15, -0.1) is 11.3 Å². The van der Waals surface area contributed by atoms with E-state index in [-0.39, 0.29) is 5.75 Å². The maximum atomic E-state index is 12.1. The number of rotatable bonds is 8. The summed E-state index contributed by atoms with van der Waals surface area (Å²) >= 11 is 1.50. The van der Waals surface area contributed by atoms with Crippen LogP contribution >= 0.6 is 11.3 Å². The first-order chi connectivity index (χ1) is 8.99. The summed E-state index contributed by atoms with van der Waals surface area (Å²) in [6.07, 6.45) is 3.14. The summed E-state index contributed by atoms with van der Waals surface area (Å²) in [5.41, 5.74) is 2.67. The van der Waals surface area contributed by atoms with Crippen LogP contribution in [-0.4, -0.2) is 43.1 Å². The molecule has 0 unspecified atom stereocenters. The predicted octanol–water partition coefficient (Wildman–Crippen LogP) is 1.36. The molecular formula is C12H21N3O2S2. The van der Waals surface area contributed by atoms with Crippen LogP contribution in [0.4, 0.5) is 0 Å². The normalized spacial score (nSPS) is 16.2. The Morgan fingerprint density at radius 3 is 2.84 bits per heavy atom. The van der Waals surface area contributed by atoms with Crippen molar-refractivity contribution < 1.29 is 8.42 Å². The third-order valence-corrected chi connectivity index (χ3v) is 6.08. The van der Waals surface area contributed by atoms with E-state index >= 15 is 0 Å². The second-order valence-corrected chi connectivity index (χ2v) is 8.15. The number of aryl methyl sites for hydroxylation is 1. The molecule has 5 nitrogen and oxygen atoms in total. The van der Waals surface area contributed by atoms with Gasteiger partial charge < -0.3 is 5.32 Å². The van der Waals surface area contributed by atoms with Crippen LogP contribution in [-0.2, 0) is 16.6 Å². The number of thiazole rings is 1. The molecular weight excluding hydrogens is 282 g/mol. The van der Waals surface area contributed by atoms with Crippen LogP contribution in [0.25, 0.3) is 0 Å². The summed E-state index contributed by atoms with van der Waals surface area (Å²) in [6.45, 7) is 3.12. The first kappa shape index (κ1) is 14.9. The van der Waals surface area contributed by atoms with Gasteiger partial charge >= 0.3 is 0 Å². The monoisotopic (exact) mass is 303 g/mol. The van der Waals surface area contributed by atoms with Gasteiger partial charge in [-0.3, -0.25) is 0 Å². The van der Waals surface area contributed by atoms with Crippen molar-refractivity contribution in [3.63, 3.8) is 0 Å². The van der Waals surface area contributed by atoms with Gasteiger partial charge in [0.1, 0.15) is 0 Å². The van der Waals surface area contributed by atoms with Crippen molar-refractivity contribution in [1.82, 2.24) is 14.6 Å². The van der Waals surface area contributed by atoms with Crippen molar-refractivity contribution in [2.75, 3.05) is 19.3 Å². The fourth-order valence-electron chi connectivity index (χ4n) is 1.78. The summed E-state index contributed by atoms with van der Waals surface area (Å²) in [5.74, 6) is 0.209. The van der Waals surface area contributed by atoms with Crippen LogP contribution in [0, 0.1) is 6.92 Å². The van der Waals surface area contributed by atoms with Crippen LogP contribution in [0.1, 0.15) is 29.8 Å². The summed E-state index contributed by atoms with van der Waals surface area (Å²) in [4.78, 5) is 5.16. The average molecular weight is 303 g/mol. The molecule has 1 N–H and O–H groups in total. The lowest BCUT2D eigenvalue weighted by Crippen LogP contribution is -2.30. The second kappa shape index (κ2) is 6.30. The predicted molar refractivity (Wildman–Crippen MR) is 77.7 cm³/mol. The molecule has 1 aromatic heterocycles. The van der Waals surface area contributed by atoms with Gasteiger partial charge in [0.15, 0.2) is 0 Å². The summed E-state index contributed by atoms with van der Waals surface area (Å²) in [5, 5.41) is 3.33. The standard InChI is InChI=1S/C12H21N3O2S2/c1-10-12(18-9-14-10)8-15(2)19(16,17)7-3-6-13-11-4-5-11/h9,11,13H,3-8H2,1-2H3. The van der Waals surface area contributed by atoms with E-state index in [9.17, 15) is 8.42 Å². The smallest absolute Gasteiger partial charge is 0.214 e. The lowest BCUT2D eigenvalue weighted by atomic mass is 10.4. The molecule has 0 spiro atoms. The van der Waals surface area contributed by atoms with Crippen molar-refractivity contribution in [3.05, 3.63) is 16.1 Å². The fourth-order valence-corrected chi connectivity index (χ4v) is 3.84. The highest BCUT2D eigenvalue weighted by molar-refractivity contribution is 7.89. The Bertz CT molecular complexity index is 509. The number of nitrogens with one attached hydrogen (secondary N) is 1. The molecule has 1 saturated carbocycles. The number of nitrogens with zero attached hydrogens (tertiary/aromatic N) is 2. The van der Waals surface area contributed by atoms with E-state index in [4.69, 9.17) is 0 Å². The molecule has 0 aliphatic heterocycles. The van der Waals surface area contributed by atoms with E-state index in [2.05, 4.69) is 10.3 Å². The minimum Gasteiger partial charge on any atom is -0.314 e. The SMILES string of the molecule is Cc1ncsc1CN(C)S(=O)(=O)CCCNC1CC1. The molecule has 108 valence electrons. The van der Waals surface area contributed by atoms with Gasteiger partial charge in [0, 0.05) is 24.5 Å². The maximum absolute atomic E-state index is 12.1. The Kier molecular flexibility index (Phi) is 4.94. The fraction of sp³-hybridized carbons (Fsp3) is 0.750. The molecule has 0 aromatic carbocycles. The molecule has 1 heterocycles. The molecule has 1 aliphatic rings. The number of sulfonamides is 1. The average Bonchev–Trinajstić information content (AvgIpc) is 3.10. The van der Waals surface area contributed by atoms with Crippen molar-refractivity contribution in [2.45, 2.75) is 38.8 Å². The molecule has 1 aliphatic carbocycles. The Morgan fingerprint density at radius 1 is 1.53 bits per heavy atom. The molecule has 19 heavy (non-hydrogen) atoms. The molecule has 1 fully saturated rings. The van der Waals surface area contributed by atoms with Crippen molar-refractivity contribution >= 4 is 21.4 Å². The first-order valence-corrected chi connectivity index (χ1v) is 9.04. The largest absolute Gasteiger partial charge is 0.314 e. The highest BCUT2D eigenvalue weighted by Gasteiger charge is 2.22. The topological polar surface area (TPSA) is 62.3 Å². The number of hydrogen-bond acceptors (Lipinski definition) is 5. The van der Waals surface area contributed by atoms with Crippen LogP contribution < -0.4 is 5.32 Å². The lowest BCUT2D eigenvalue weighted by Gasteiger charge is -2.16. The minimum atomic E-state index is -3.16. The first-order valence-electron chi connectivity index (χ1n) is 6.55. The van der Waals surface area contributed by atoms with Crippen molar-refractivity contribution in [1.29, 1.82) is 0 Å². The van der Waals surface area contributed by atoms with Crippen LogP contribution in [0.2, 0.25) is 0 Å². The maximum Gasteiger partial charge on any atom is 0.214 e. The van der Waals surface area contributed by atoms with Gasteiger partial charge in [0.25, 0.3) is 0 Å². The van der Waals surface area contributed by atoms with E-state index in [0.29, 0.717) is 19.0 Å². The third-order valence-electron chi connectivity index (χ3n) is 3.28.